The van der Waals surface area contributed by atoms with Gasteiger partial charge in [0.2, 0.25) is 0 Å². The molecule has 0 bridgehead atoms. The SMILES string of the molecule is Cc1cc(C(=O)O)cc(C(=O)N2CCC(OCC(C)C)CC2)c1. The van der Waals surface area contributed by atoms with E-state index >= 15 is 0 Å². The molecule has 0 aliphatic carbocycles. The quantitative estimate of drug-likeness (QED) is 0.906. The maximum Gasteiger partial charge on any atom is 0.335 e. The molecule has 2 rings (SSSR count). The van der Waals surface area contributed by atoms with Gasteiger partial charge in [-0.2, -0.15) is 0 Å². The second kappa shape index (κ2) is 7.59. The Labute approximate surface area is 137 Å². The number of ether oxygens (including phenoxy) is 1. The van der Waals surface area contributed by atoms with Gasteiger partial charge in [-0.05, 0) is 49.4 Å². The molecule has 1 N–H and O–H groups in total. The molecule has 1 aliphatic rings. The van der Waals surface area contributed by atoms with Crippen LogP contribution < -0.4 is 0 Å². The number of hydrogen-bond acceptors (Lipinski definition) is 3. The van der Waals surface area contributed by atoms with Crippen molar-refractivity contribution in [2.24, 2.45) is 5.92 Å². The third kappa shape index (κ3) is 4.79. The van der Waals surface area contributed by atoms with E-state index in [0.29, 0.717) is 24.6 Å². The molecular weight excluding hydrogens is 294 g/mol. The van der Waals surface area contributed by atoms with Gasteiger partial charge in [-0.3, -0.25) is 4.79 Å². The summed E-state index contributed by atoms with van der Waals surface area (Å²) >= 11 is 0. The van der Waals surface area contributed by atoms with Crippen LogP contribution in [-0.4, -0.2) is 47.7 Å². The highest BCUT2D eigenvalue weighted by Gasteiger charge is 2.24. The molecule has 0 saturated carbocycles. The number of nitrogens with zero attached hydrogens (tertiary/aromatic N) is 1. The van der Waals surface area contributed by atoms with Gasteiger partial charge in [0.05, 0.1) is 11.7 Å². The van der Waals surface area contributed by atoms with E-state index in [2.05, 4.69) is 13.8 Å². The van der Waals surface area contributed by atoms with Gasteiger partial charge in [-0.15, -0.1) is 0 Å². The normalized spacial score (nSPS) is 15.9. The number of rotatable bonds is 5. The number of hydrogen-bond donors (Lipinski definition) is 1. The van der Waals surface area contributed by atoms with E-state index in [9.17, 15) is 9.59 Å². The van der Waals surface area contributed by atoms with Crippen LogP contribution in [0, 0.1) is 12.8 Å². The van der Waals surface area contributed by atoms with Crippen LogP contribution >= 0.6 is 0 Å². The van der Waals surface area contributed by atoms with Gasteiger partial charge in [-0.1, -0.05) is 13.8 Å². The summed E-state index contributed by atoms with van der Waals surface area (Å²) in [7, 11) is 0. The maximum absolute atomic E-state index is 12.6. The van der Waals surface area contributed by atoms with Crippen LogP contribution in [-0.2, 0) is 4.74 Å². The van der Waals surface area contributed by atoms with E-state index in [1.807, 2.05) is 0 Å². The van der Waals surface area contributed by atoms with Gasteiger partial charge < -0.3 is 14.7 Å². The summed E-state index contributed by atoms with van der Waals surface area (Å²) in [4.78, 5) is 25.5. The topological polar surface area (TPSA) is 66.8 Å². The molecule has 0 spiro atoms. The lowest BCUT2D eigenvalue weighted by molar-refractivity contribution is -0.00231. The fourth-order valence-corrected chi connectivity index (χ4v) is 2.77. The standard InChI is InChI=1S/C18H25NO4/c1-12(2)11-23-16-4-6-19(7-5-16)17(20)14-8-13(3)9-15(10-14)18(21)22/h8-10,12,16H,4-7,11H2,1-3H3,(H,21,22). The number of aryl methyl sites for hydroxylation is 1. The third-order valence-corrected chi connectivity index (χ3v) is 3.97. The number of aromatic carboxylic acids is 1. The Balaban J connectivity index is 1.98. The number of amides is 1. The van der Waals surface area contributed by atoms with E-state index < -0.39 is 5.97 Å². The highest BCUT2D eigenvalue weighted by atomic mass is 16.5. The molecule has 1 amide bonds. The predicted molar refractivity (Wildman–Crippen MR) is 87.9 cm³/mol. The lowest BCUT2D eigenvalue weighted by atomic mass is 10.0. The minimum Gasteiger partial charge on any atom is -0.478 e. The monoisotopic (exact) mass is 319 g/mol. The lowest BCUT2D eigenvalue weighted by Crippen LogP contribution is -2.41. The van der Waals surface area contributed by atoms with Gasteiger partial charge in [0.1, 0.15) is 0 Å². The smallest absolute Gasteiger partial charge is 0.335 e. The molecular formula is C18H25NO4. The highest BCUT2D eigenvalue weighted by molar-refractivity contribution is 5.97. The summed E-state index contributed by atoms with van der Waals surface area (Å²) in [5.41, 5.74) is 1.39. The van der Waals surface area contributed by atoms with E-state index in [0.717, 1.165) is 25.0 Å². The molecule has 0 unspecified atom stereocenters. The largest absolute Gasteiger partial charge is 0.478 e. The Bertz CT molecular complexity index is 574. The van der Waals surface area contributed by atoms with Crippen LogP contribution in [0.2, 0.25) is 0 Å². The molecule has 1 aromatic rings. The summed E-state index contributed by atoms with van der Waals surface area (Å²) < 4.78 is 5.83. The Kier molecular flexibility index (Phi) is 5.77. The first kappa shape index (κ1) is 17.5. The van der Waals surface area contributed by atoms with E-state index in [1.165, 1.54) is 6.07 Å². The van der Waals surface area contributed by atoms with Gasteiger partial charge in [0.25, 0.3) is 5.91 Å². The van der Waals surface area contributed by atoms with Gasteiger partial charge in [0, 0.05) is 25.3 Å². The van der Waals surface area contributed by atoms with Crippen molar-refractivity contribution in [3.05, 3.63) is 34.9 Å². The van der Waals surface area contributed by atoms with Crippen molar-refractivity contribution in [2.75, 3.05) is 19.7 Å². The first-order valence-electron chi connectivity index (χ1n) is 8.12. The average molecular weight is 319 g/mol. The van der Waals surface area contributed by atoms with Crippen LogP contribution in [0.15, 0.2) is 18.2 Å². The Morgan fingerprint density at radius 3 is 2.39 bits per heavy atom. The van der Waals surface area contributed by atoms with E-state index in [1.54, 1.807) is 24.0 Å². The number of piperidine rings is 1. The third-order valence-electron chi connectivity index (χ3n) is 3.97. The van der Waals surface area contributed by atoms with Gasteiger partial charge >= 0.3 is 5.97 Å². The second-order valence-corrected chi connectivity index (χ2v) is 6.61. The van der Waals surface area contributed by atoms with Crippen LogP contribution in [0.3, 0.4) is 0 Å². The van der Waals surface area contributed by atoms with Crippen molar-refractivity contribution in [3.63, 3.8) is 0 Å². The zero-order valence-electron chi connectivity index (χ0n) is 14.0. The maximum atomic E-state index is 12.6. The molecule has 126 valence electrons. The second-order valence-electron chi connectivity index (χ2n) is 6.61. The molecule has 0 radical (unpaired) electrons. The first-order chi connectivity index (χ1) is 10.9. The minimum absolute atomic E-state index is 0.0986. The van der Waals surface area contributed by atoms with Gasteiger partial charge in [-0.25, -0.2) is 4.79 Å². The van der Waals surface area contributed by atoms with Crippen molar-refractivity contribution < 1.29 is 19.4 Å². The van der Waals surface area contributed by atoms with Crippen molar-refractivity contribution in [3.8, 4) is 0 Å². The molecule has 1 saturated heterocycles. The predicted octanol–water partition coefficient (Wildman–Crippen LogP) is 2.97. The average Bonchev–Trinajstić information content (AvgIpc) is 2.52. The van der Waals surface area contributed by atoms with Crippen LogP contribution in [0.5, 0.6) is 0 Å². The summed E-state index contributed by atoms with van der Waals surface area (Å²) in [6, 6.07) is 4.78. The van der Waals surface area contributed by atoms with Crippen molar-refractivity contribution >= 4 is 11.9 Å². The molecule has 1 aliphatic heterocycles. The minimum atomic E-state index is -1.01. The Morgan fingerprint density at radius 1 is 1.22 bits per heavy atom. The van der Waals surface area contributed by atoms with Crippen molar-refractivity contribution in [1.29, 1.82) is 0 Å². The van der Waals surface area contributed by atoms with Crippen LogP contribution in [0.25, 0.3) is 0 Å². The summed E-state index contributed by atoms with van der Waals surface area (Å²) in [6.45, 7) is 8.09. The molecule has 1 fully saturated rings. The Morgan fingerprint density at radius 2 is 1.83 bits per heavy atom. The summed E-state index contributed by atoms with van der Waals surface area (Å²) in [5, 5.41) is 9.12. The Hall–Kier alpha value is -1.88. The summed E-state index contributed by atoms with van der Waals surface area (Å²) in [5.74, 6) is -0.599. The number of carboxylic acid groups (broad SMARTS) is 1. The zero-order chi connectivity index (χ0) is 17.0. The van der Waals surface area contributed by atoms with Crippen molar-refractivity contribution in [2.45, 2.75) is 39.7 Å². The molecule has 0 atom stereocenters. The van der Waals surface area contributed by atoms with Crippen LogP contribution in [0.4, 0.5) is 0 Å². The molecule has 1 aromatic carbocycles. The lowest BCUT2D eigenvalue weighted by Gasteiger charge is -2.32. The molecule has 0 aromatic heterocycles. The molecule has 5 nitrogen and oxygen atoms in total. The molecule has 5 heteroatoms. The number of carbonyl (C=O) groups is 2. The van der Waals surface area contributed by atoms with Crippen LogP contribution in [0.1, 0.15) is 53.0 Å². The molecule has 1 heterocycles. The van der Waals surface area contributed by atoms with Gasteiger partial charge in [0.15, 0.2) is 0 Å². The fourth-order valence-electron chi connectivity index (χ4n) is 2.77. The highest BCUT2D eigenvalue weighted by Crippen LogP contribution is 2.18. The zero-order valence-corrected chi connectivity index (χ0v) is 14.0. The van der Waals surface area contributed by atoms with Crippen molar-refractivity contribution in [1.82, 2.24) is 4.90 Å². The number of carboxylic acids is 1. The number of benzene rings is 1. The number of likely N-dealkylation sites (tertiary alicyclic amines) is 1. The molecule has 23 heavy (non-hydrogen) atoms. The summed E-state index contributed by atoms with van der Waals surface area (Å²) in [6.07, 6.45) is 1.88. The van der Waals surface area contributed by atoms with E-state index in [-0.39, 0.29) is 17.6 Å². The first-order valence-corrected chi connectivity index (χ1v) is 8.12. The fraction of sp³-hybridized carbons (Fsp3) is 0.556. The van der Waals surface area contributed by atoms with E-state index in [4.69, 9.17) is 9.84 Å². The number of carbonyl (C=O) groups excluding carboxylic acids is 1.